The quantitative estimate of drug-likeness (QED) is 0.198. The lowest BCUT2D eigenvalue weighted by Crippen LogP contribution is -2.53. The van der Waals surface area contributed by atoms with Crippen molar-refractivity contribution in [1.82, 2.24) is 9.76 Å². The van der Waals surface area contributed by atoms with Crippen molar-refractivity contribution < 1.29 is 53.6 Å². The summed E-state index contributed by atoms with van der Waals surface area (Å²) in [6.45, 7) is -2.67. The lowest BCUT2D eigenvalue weighted by molar-refractivity contribution is -0.149. The molecule has 2 atom stereocenters. The average molecular weight is 352 g/mol. The molecule has 0 aliphatic rings. The highest BCUT2D eigenvalue weighted by molar-refractivity contribution is 7.50. The normalized spacial score (nSPS) is 15.3. The molecule has 15 heteroatoms. The van der Waals surface area contributed by atoms with E-state index in [0.717, 1.165) is 0 Å². The van der Waals surface area contributed by atoms with E-state index in [9.17, 15) is 18.7 Å². The molecule has 21 heavy (non-hydrogen) atoms. The summed E-state index contributed by atoms with van der Waals surface area (Å²) in [4.78, 5) is 57.8. The van der Waals surface area contributed by atoms with E-state index in [4.69, 9.17) is 34.9 Å². The number of aliphatic carboxylic acids is 1. The number of nitrogens with one attached hydrogen (secondary N) is 1. The maximum Gasteiger partial charge on any atom is 0.433 e. The number of aliphatic hydroxyl groups is 2. The molecule has 0 aromatic carbocycles. The van der Waals surface area contributed by atoms with Crippen molar-refractivity contribution in [2.75, 3.05) is 13.2 Å². The zero-order chi connectivity index (χ0) is 17.0. The second kappa shape index (κ2) is 7.40. The third-order valence-corrected chi connectivity index (χ3v) is 3.75. The van der Waals surface area contributed by atoms with Crippen molar-refractivity contribution in [2.24, 2.45) is 0 Å². The number of aliphatic hydroxyl groups excluding tert-OH is 2. The molecule has 0 bridgehead atoms. The van der Waals surface area contributed by atoms with E-state index < -0.39 is 57.3 Å². The van der Waals surface area contributed by atoms with Crippen molar-refractivity contribution in [3.63, 3.8) is 0 Å². The van der Waals surface area contributed by atoms with Crippen molar-refractivity contribution in [3.8, 4) is 0 Å². The second-order valence-corrected chi connectivity index (χ2v) is 6.44. The van der Waals surface area contributed by atoms with Crippen LogP contribution in [0.3, 0.4) is 0 Å². The molecular formula is C6H14N2O11P2. The van der Waals surface area contributed by atoms with Crippen LogP contribution < -0.4 is 5.09 Å². The van der Waals surface area contributed by atoms with Gasteiger partial charge < -0.3 is 34.9 Å². The highest BCUT2D eigenvalue weighted by Gasteiger charge is 2.44. The maximum atomic E-state index is 11.8. The van der Waals surface area contributed by atoms with Crippen LogP contribution in [0.25, 0.3) is 0 Å². The highest BCUT2D eigenvalue weighted by Crippen LogP contribution is 2.43. The number of nitrogens with zero attached hydrogens (tertiary/aromatic N) is 1. The summed E-state index contributed by atoms with van der Waals surface area (Å²) in [7, 11) is -10.6. The van der Waals surface area contributed by atoms with Gasteiger partial charge in [-0.3, -0.25) is 4.79 Å². The van der Waals surface area contributed by atoms with Crippen LogP contribution >= 0.6 is 15.5 Å². The molecule has 0 saturated heterocycles. The average Bonchev–Trinajstić information content (AvgIpc) is 2.28. The summed E-state index contributed by atoms with van der Waals surface area (Å²) in [5, 5.41) is 27.7. The number of carboxylic acid groups (broad SMARTS) is 1. The molecule has 8 N–H and O–H groups in total. The second-order valence-electron chi connectivity index (χ2n) is 3.64. The van der Waals surface area contributed by atoms with Crippen LogP contribution in [0.15, 0.2) is 0 Å². The molecule has 13 nitrogen and oxygen atoms in total. The molecule has 0 aromatic heterocycles. The van der Waals surface area contributed by atoms with Gasteiger partial charge >= 0.3 is 21.5 Å². The van der Waals surface area contributed by atoms with Gasteiger partial charge in [-0.25, -0.2) is 23.7 Å². The van der Waals surface area contributed by atoms with Gasteiger partial charge in [-0.05, 0) is 0 Å². The lowest BCUT2D eigenvalue weighted by Gasteiger charge is -2.30. The number of hydrogen-bond acceptors (Lipinski definition) is 6. The Labute approximate surface area is 117 Å². The molecule has 0 aliphatic heterocycles. The number of rotatable bonds is 8. The number of amides is 1. The molecule has 2 unspecified atom stereocenters. The van der Waals surface area contributed by atoms with Gasteiger partial charge in [-0.15, -0.1) is 0 Å². The van der Waals surface area contributed by atoms with Crippen LogP contribution in [-0.4, -0.2) is 76.7 Å². The number of carbonyl (C=O) groups excluding carboxylic acids is 1. The predicted octanol–water partition coefficient (Wildman–Crippen LogP) is -3.60. The molecule has 0 saturated carbocycles. The summed E-state index contributed by atoms with van der Waals surface area (Å²) in [6.07, 6.45) is 0. The van der Waals surface area contributed by atoms with Crippen LogP contribution in [0.4, 0.5) is 0 Å². The minimum Gasteiger partial charge on any atom is -0.480 e. The lowest BCUT2D eigenvalue weighted by atomic mass is 10.2. The van der Waals surface area contributed by atoms with Crippen molar-refractivity contribution >= 4 is 27.4 Å². The maximum absolute atomic E-state index is 11.8. The van der Waals surface area contributed by atoms with Crippen LogP contribution in [0, 0.1) is 0 Å². The summed E-state index contributed by atoms with van der Waals surface area (Å²) in [5.41, 5.74) is 0. The van der Waals surface area contributed by atoms with Crippen molar-refractivity contribution in [3.05, 3.63) is 0 Å². The Morgan fingerprint density at radius 1 is 1.05 bits per heavy atom. The molecule has 1 amide bonds. The van der Waals surface area contributed by atoms with Gasteiger partial charge in [0.2, 0.25) is 0 Å². The topological polar surface area (TPSA) is 225 Å². The summed E-state index contributed by atoms with van der Waals surface area (Å²) < 4.78 is 21.3. The fraction of sp³-hybridized carbons (Fsp3) is 0.667. The fourth-order valence-electron chi connectivity index (χ4n) is 1.26. The van der Waals surface area contributed by atoms with Crippen LogP contribution in [0.5, 0.6) is 0 Å². The molecule has 0 heterocycles. The van der Waals surface area contributed by atoms with Gasteiger partial charge in [0.1, 0.15) is 6.04 Å². The third-order valence-electron chi connectivity index (χ3n) is 2.06. The molecule has 0 aliphatic carbocycles. The molecule has 0 radical (unpaired) electrons. The van der Waals surface area contributed by atoms with E-state index in [1.165, 1.54) is 5.09 Å². The Hall–Kier alpha value is -0.880. The van der Waals surface area contributed by atoms with Crippen molar-refractivity contribution in [1.29, 1.82) is 0 Å². The largest absolute Gasteiger partial charge is 0.480 e. The van der Waals surface area contributed by atoms with E-state index in [2.05, 4.69) is 0 Å². The standard InChI is InChI=1S/C6H14N2O11P2/c9-1-3(7-20(14,15)16)5(11)8(21(17,18)19)4(2-10)6(12)13/h3-4,9-10H,1-2H2,(H,12,13)(H2,17,18,19)(H3,7,14,15,16). The smallest absolute Gasteiger partial charge is 0.433 e. The first-order valence-electron chi connectivity index (χ1n) is 5.02. The van der Waals surface area contributed by atoms with E-state index in [1.54, 1.807) is 0 Å². The van der Waals surface area contributed by atoms with E-state index in [1.807, 2.05) is 0 Å². The van der Waals surface area contributed by atoms with Gasteiger partial charge in [0.25, 0.3) is 5.91 Å². The zero-order valence-corrected chi connectivity index (χ0v) is 12.0. The van der Waals surface area contributed by atoms with E-state index in [-0.39, 0.29) is 0 Å². The summed E-state index contributed by atoms with van der Waals surface area (Å²) in [6, 6.07) is -4.56. The predicted molar refractivity (Wildman–Crippen MR) is 63.5 cm³/mol. The third kappa shape index (κ3) is 6.18. The SMILES string of the molecule is O=C(O)C(CO)N(C(=O)C(CO)NP(=O)(O)O)P(=O)(O)O. The Morgan fingerprint density at radius 3 is 1.76 bits per heavy atom. The molecule has 0 aromatic rings. The summed E-state index contributed by atoms with van der Waals surface area (Å²) >= 11 is 0. The summed E-state index contributed by atoms with van der Waals surface area (Å²) in [5.74, 6) is -3.78. The molecule has 124 valence electrons. The van der Waals surface area contributed by atoms with Gasteiger partial charge in [0.15, 0.2) is 6.04 Å². The van der Waals surface area contributed by atoms with Gasteiger partial charge in [-0.1, -0.05) is 0 Å². The zero-order valence-electron chi connectivity index (χ0n) is 10.2. The molecule has 0 fully saturated rings. The number of carboxylic acids is 1. The first-order chi connectivity index (χ1) is 9.35. The fourth-order valence-corrected chi connectivity index (χ4v) is 2.79. The number of carbonyl (C=O) groups is 2. The van der Waals surface area contributed by atoms with Crippen LogP contribution in [0.2, 0.25) is 0 Å². The van der Waals surface area contributed by atoms with Crippen LogP contribution in [-0.2, 0) is 18.7 Å². The molecular weight excluding hydrogens is 338 g/mol. The Balaban J connectivity index is 5.62. The van der Waals surface area contributed by atoms with Gasteiger partial charge in [0.05, 0.1) is 13.2 Å². The number of hydrogen-bond donors (Lipinski definition) is 8. The Morgan fingerprint density at radius 2 is 1.52 bits per heavy atom. The van der Waals surface area contributed by atoms with E-state index >= 15 is 0 Å². The molecule has 0 spiro atoms. The van der Waals surface area contributed by atoms with E-state index in [0.29, 0.717) is 0 Å². The van der Waals surface area contributed by atoms with Gasteiger partial charge in [-0.2, -0.15) is 0 Å². The Bertz CT molecular complexity index is 483. The van der Waals surface area contributed by atoms with Gasteiger partial charge in [0, 0.05) is 0 Å². The Kier molecular flexibility index (Phi) is 7.09. The first-order valence-corrected chi connectivity index (χ1v) is 8.19. The minimum absolute atomic E-state index is 0.571. The van der Waals surface area contributed by atoms with Crippen molar-refractivity contribution in [2.45, 2.75) is 12.1 Å². The first kappa shape index (κ1) is 20.1. The highest BCUT2D eigenvalue weighted by atomic mass is 31.2. The minimum atomic E-state index is -5.55. The monoisotopic (exact) mass is 352 g/mol. The molecule has 0 rings (SSSR count). The van der Waals surface area contributed by atoms with Crippen LogP contribution in [0.1, 0.15) is 0 Å².